The third-order valence-electron chi connectivity index (χ3n) is 5.85. The van der Waals surface area contributed by atoms with Crippen molar-refractivity contribution in [3.63, 3.8) is 0 Å². The van der Waals surface area contributed by atoms with Gasteiger partial charge >= 0.3 is 0 Å². The van der Waals surface area contributed by atoms with Crippen molar-refractivity contribution >= 4 is 33.0 Å². The van der Waals surface area contributed by atoms with Gasteiger partial charge in [-0.3, -0.25) is 0 Å². The van der Waals surface area contributed by atoms with Crippen molar-refractivity contribution in [2.45, 2.75) is 5.92 Å². The van der Waals surface area contributed by atoms with E-state index in [1.54, 1.807) is 0 Å². The van der Waals surface area contributed by atoms with Crippen LogP contribution in [-0.2, 0) is 0 Å². The molecule has 0 aliphatic carbocycles. The molecule has 2 heteroatoms. The van der Waals surface area contributed by atoms with E-state index < -0.39 is 0 Å². The Labute approximate surface area is 204 Å². The summed E-state index contributed by atoms with van der Waals surface area (Å²) in [6.07, 6.45) is 0. The zero-order chi connectivity index (χ0) is 22.5. The number of hydrogen-bond donors (Lipinski definition) is 0. The number of halogens is 1. The lowest BCUT2D eigenvalue weighted by Gasteiger charge is -2.26. The van der Waals surface area contributed by atoms with Crippen molar-refractivity contribution in [3.05, 3.63) is 161 Å². The van der Waals surface area contributed by atoms with Crippen molar-refractivity contribution in [3.8, 4) is 0 Å². The van der Waals surface area contributed by atoms with Gasteiger partial charge in [0.05, 0.1) is 0 Å². The molecule has 0 amide bonds. The van der Waals surface area contributed by atoms with Crippen molar-refractivity contribution in [1.82, 2.24) is 0 Å². The molecule has 0 fully saturated rings. The van der Waals surface area contributed by atoms with Crippen LogP contribution in [0.2, 0.25) is 0 Å². The molecule has 0 unspecified atom stereocenters. The molecule has 160 valence electrons. The monoisotopic (exact) mass is 489 g/mol. The van der Waals surface area contributed by atoms with Gasteiger partial charge in [0.1, 0.15) is 0 Å². The minimum atomic E-state index is 0.194. The molecule has 5 aromatic rings. The lowest BCUT2D eigenvalue weighted by Crippen LogP contribution is -2.10. The highest BCUT2D eigenvalue weighted by molar-refractivity contribution is 9.10. The summed E-state index contributed by atoms with van der Waals surface area (Å²) in [4.78, 5) is 2.29. The largest absolute Gasteiger partial charge is 0.311 e. The molecule has 5 rings (SSSR count). The summed E-state index contributed by atoms with van der Waals surface area (Å²) in [6, 6.07) is 49.4. The number of hydrogen-bond acceptors (Lipinski definition) is 1. The first-order valence-corrected chi connectivity index (χ1v) is 11.9. The van der Waals surface area contributed by atoms with Crippen molar-refractivity contribution in [2.24, 2.45) is 0 Å². The lowest BCUT2D eigenvalue weighted by molar-refractivity contribution is 0.977. The van der Waals surface area contributed by atoms with Crippen LogP contribution < -0.4 is 4.90 Å². The van der Waals surface area contributed by atoms with E-state index in [4.69, 9.17) is 0 Å². The van der Waals surface area contributed by atoms with Crippen LogP contribution in [0.15, 0.2) is 144 Å². The molecule has 33 heavy (non-hydrogen) atoms. The predicted octanol–water partition coefficient (Wildman–Crippen LogP) is 9.10. The van der Waals surface area contributed by atoms with Gasteiger partial charge in [-0.2, -0.15) is 0 Å². The second kappa shape index (κ2) is 9.89. The number of benzene rings is 5. The van der Waals surface area contributed by atoms with Gasteiger partial charge in [0.2, 0.25) is 0 Å². The van der Waals surface area contributed by atoms with Crippen LogP contribution in [0.4, 0.5) is 17.1 Å². The summed E-state index contributed by atoms with van der Waals surface area (Å²) in [5.41, 5.74) is 7.26. The quantitative estimate of drug-likeness (QED) is 0.215. The smallest absolute Gasteiger partial charge is 0.0462 e. The minimum Gasteiger partial charge on any atom is -0.311 e. The fraction of sp³-hybridized carbons (Fsp3) is 0.0323. The molecule has 0 heterocycles. The topological polar surface area (TPSA) is 3.24 Å². The highest BCUT2D eigenvalue weighted by Crippen LogP contribution is 2.37. The van der Waals surface area contributed by atoms with E-state index in [0.29, 0.717) is 0 Å². The Morgan fingerprint density at radius 3 is 1.24 bits per heavy atom. The van der Waals surface area contributed by atoms with Crippen LogP contribution in [0.5, 0.6) is 0 Å². The average Bonchev–Trinajstić information content (AvgIpc) is 2.88. The van der Waals surface area contributed by atoms with Crippen molar-refractivity contribution < 1.29 is 0 Å². The van der Waals surface area contributed by atoms with Gasteiger partial charge in [0, 0.05) is 27.5 Å². The molecule has 0 spiro atoms. The van der Waals surface area contributed by atoms with Crippen LogP contribution in [0.25, 0.3) is 0 Å². The third kappa shape index (κ3) is 4.76. The summed E-state index contributed by atoms with van der Waals surface area (Å²) in [5.74, 6) is 0.194. The highest BCUT2D eigenvalue weighted by atomic mass is 79.9. The first-order chi connectivity index (χ1) is 16.3. The number of rotatable bonds is 6. The molecule has 1 nitrogen and oxygen atoms in total. The molecule has 5 aromatic carbocycles. The van der Waals surface area contributed by atoms with Crippen LogP contribution in [0, 0.1) is 0 Å². The summed E-state index contributed by atoms with van der Waals surface area (Å²) in [5, 5.41) is 0. The van der Waals surface area contributed by atoms with Crippen LogP contribution in [0.1, 0.15) is 22.6 Å². The van der Waals surface area contributed by atoms with Crippen molar-refractivity contribution in [1.29, 1.82) is 0 Å². The third-order valence-corrected chi connectivity index (χ3v) is 6.38. The Bertz CT molecular complexity index is 1240. The fourth-order valence-electron chi connectivity index (χ4n) is 4.30. The van der Waals surface area contributed by atoms with E-state index in [2.05, 4.69) is 160 Å². The van der Waals surface area contributed by atoms with Gasteiger partial charge in [-0.05, 0) is 65.2 Å². The number of nitrogens with zero attached hydrogens (tertiary/aromatic N) is 1. The van der Waals surface area contributed by atoms with Crippen LogP contribution in [0.3, 0.4) is 0 Å². The SMILES string of the molecule is Brc1ccc(N(c2ccccc2)c2ccc(C(c3ccccc3)c3ccccc3)cc2)cc1. The van der Waals surface area contributed by atoms with Gasteiger partial charge in [0.25, 0.3) is 0 Å². The van der Waals surface area contributed by atoms with Crippen LogP contribution in [-0.4, -0.2) is 0 Å². The first-order valence-electron chi connectivity index (χ1n) is 11.1. The summed E-state index contributed by atoms with van der Waals surface area (Å²) in [6.45, 7) is 0. The molecule has 0 aromatic heterocycles. The molecule has 0 aliphatic heterocycles. The predicted molar refractivity (Wildman–Crippen MR) is 143 cm³/mol. The standard InChI is InChI=1S/C31H24BrN/c32-27-18-22-30(23-19-27)33(28-14-8-3-9-15-28)29-20-16-26(17-21-29)31(24-10-4-1-5-11-24)25-12-6-2-7-13-25/h1-23,31H. The van der Waals surface area contributed by atoms with Gasteiger partial charge in [0.15, 0.2) is 0 Å². The van der Waals surface area contributed by atoms with Gasteiger partial charge < -0.3 is 4.90 Å². The minimum absolute atomic E-state index is 0.194. The Kier molecular flexibility index (Phi) is 6.37. The van der Waals surface area contributed by atoms with Gasteiger partial charge in [-0.15, -0.1) is 0 Å². The molecule has 0 radical (unpaired) electrons. The van der Waals surface area contributed by atoms with E-state index in [1.165, 1.54) is 16.7 Å². The average molecular weight is 490 g/mol. The first kappa shape index (κ1) is 21.2. The zero-order valence-corrected chi connectivity index (χ0v) is 19.8. The summed E-state index contributed by atoms with van der Waals surface area (Å²) in [7, 11) is 0. The second-order valence-corrected chi connectivity index (χ2v) is 8.91. The lowest BCUT2D eigenvalue weighted by atomic mass is 9.85. The van der Waals surface area contributed by atoms with E-state index in [9.17, 15) is 0 Å². The van der Waals surface area contributed by atoms with Crippen molar-refractivity contribution in [2.75, 3.05) is 4.90 Å². The Morgan fingerprint density at radius 1 is 0.394 bits per heavy atom. The fourth-order valence-corrected chi connectivity index (χ4v) is 4.56. The molecule has 0 N–H and O–H groups in total. The molecule has 0 aliphatic rings. The highest BCUT2D eigenvalue weighted by Gasteiger charge is 2.18. The maximum absolute atomic E-state index is 3.56. The van der Waals surface area contributed by atoms with Crippen LogP contribution >= 0.6 is 15.9 Å². The Morgan fingerprint density at radius 2 is 0.758 bits per heavy atom. The van der Waals surface area contributed by atoms with E-state index in [1.807, 2.05) is 0 Å². The zero-order valence-electron chi connectivity index (χ0n) is 18.2. The molecule has 0 bridgehead atoms. The normalized spacial score (nSPS) is 10.8. The Balaban J connectivity index is 1.57. The van der Waals surface area contributed by atoms with Gasteiger partial charge in [-0.1, -0.05) is 107 Å². The summed E-state index contributed by atoms with van der Waals surface area (Å²) < 4.78 is 1.07. The van der Waals surface area contributed by atoms with E-state index >= 15 is 0 Å². The number of para-hydroxylation sites is 1. The molecular weight excluding hydrogens is 466 g/mol. The van der Waals surface area contributed by atoms with E-state index in [0.717, 1.165) is 21.5 Å². The van der Waals surface area contributed by atoms with E-state index in [-0.39, 0.29) is 5.92 Å². The number of anilines is 3. The maximum Gasteiger partial charge on any atom is 0.0462 e. The molecule has 0 saturated carbocycles. The molecule has 0 saturated heterocycles. The maximum atomic E-state index is 3.56. The second-order valence-electron chi connectivity index (χ2n) is 7.99. The summed E-state index contributed by atoms with van der Waals surface area (Å²) >= 11 is 3.56. The molecular formula is C31H24BrN. The van der Waals surface area contributed by atoms with Gasteiger partial charge in [-0.25, -0.2) is 0 Å². The molecule has 0 atom stereocenters. The Hall–Kier alpha value is -3.62.